The lowest BCUT2D eigenvalue weighted by atomic mass is 10.1. The summed E-state index contributed by atoms with van der Waals surface area (Å²) in [6.07, 6.45) is -15.4. The highest BCUT2D eigenvalue weighted by atomic mass is 19.4. The molecule has 13 heteroatoms. The molecule has 1 heterocycles. The summed E-state index contributed by atoms with van der Waals surface area (Å²) < 4.78 is 126. The molecule has 2 aromatic rings. The van der Waals surface area contributed by atoms with Gasteiger partial charge in [0, 0.05) is 12.6 Å². The van der Waals surface area contributed by atoms with Gasteiger partial charge in [0.2, 0.25) is 5.62 Å². The highest BCUT2D eigenvalue weighted by Crippen LogP contribution is 2.40. The molecule has 1 aromatic carbocycles. The molecule has 0 unspecified atom stereocenters. The average Bonchev–Trinajstić information content (AvgIpc) is 2.67. The van der Waals surface area contributed by atoms with Crippen molar-refractivity contribution in [3.63, 3.8) is 0 Å². The van der Waals surface area contributed by atoms with Gasteiger partial charge in [-0.25, -0.2) is 9.98 Å². The van der Waals surface area contributed by atoms with Gasteiger partial charge >= 0.3 is 18.5 Å². The molecule has 0 amide bonds. The van der Waals surface area contributed by atoms with Crippen LogP contribution in [0.25, 0.3) is 0 Å². The fraction of sp³-hybridized carbons (Fsp3) is 0.429. The highest BCUT2D eigenvalue weighted by Gasteiger charge is 2.39. The normalized spacial score (nSPS) is 13.1. The third kappa shape index (κ3) is 6.91. The summed E-state index contributed by atoms with van der Waals surface area (Å²) in [7, 11) is 0. The van der Waals surface area contributed by atoms with E-state index in [0.29, 0.717) is 18.2 Å². The van der Waals surface area contributed by atoms with Crippen LogP contribution < -0.4 is 10.4 Å². The molecule has 186 valence electrons. The molecule has 0 spiro atoms. The van der Waals surface area contributed by atoms with Crippen LogP contribution in [0, 0.1) is 17.8 Å². The summed E-state index contributed by atoms with van der Waals surface area (Å²) in [5, 5.41) is 0. The van der Waals surface area contributed by atoms with E-state index in [9.17, 15) is 39.5 Å². The number of alkyl halides is 9. The van der Waals surface area contributed by atoms with Crippen LogP contribution in [0.3, 0.4) is 0 Å². The summed E-state index contributed by atoms with van der Waals surface area (Å²) >= 11 is 0. The average molecular weight is 499 g/mol. The Labute approximate surface area is 188 Å². The Hall–Kier alpha value is -3.17. The lowest BCUT2D eigenvalue weighted by Gasteiger charge is -2.18. The second kappa shape index (κ2) is 9.99. The van der Waals surface area contributed by atoms with E-state index in [4.69, 9.17) is 4.74 Å². The monoisotopic (exact) mass is 499 g/mol. The van der Waals surface area contributed by atoms with E-state index in [-0.39, 0.29) is 25.1 Å². The number of aromatic nitrogens is 2. The van der Waals surface area contributed by atoms with Gasteiger partial charge in [-0.2, -0.15) is 39.5 Å². The molecule has 0 bridgehead atoms. The fourth-order valence-electron chi connectivity index (χ4n) is 2.71. The summed E-state index contributed by atoms with van der Waals surface area (Å²) in [4.78, 5) is 6.94. The van der Waals surface area contributed by atoms with Crippen LogP contribution in [0.2, 0.25) is 0 Å². The van der Waals surface area contributed by atoms with Gasteiger partial charge in [-0.1, -0.05) is 19.8 Å². The fourth-order valence-corrected chi connectivity index (χ4v) is 2.71. The summed E-state index contributed by atoms with van der Waals surface area (Å²) in [5.41, 5.74) is -6.74. The van der Waals surface area contributed by atoms with Crippen LogP contribution in [-0.2, 0) is 25.1 Å². The van der Waals surface area contributed by atoms with E-state index in [1.165, 1.54) is 6.92 Å². The van der Waals surface area contributed by atoms with E-state index < -0.39 is 52.5 Å². The molecule has 0 aliphatic carbocycles. The summed E-state index contributed by atoms with van der Waals surface area (Å²) in [6.45, 7) is 4.40. The second-order valence-electron chi connectivity index (χ2n) is 7.34. The number of benzene rings is 1. The molecule has 4 nitrogen and oxygen atoms in total. The van der Waals surface area contributed by atoms with E-state index in [2.05, 4.69) is 21.8 Å². The van der Waals surface area contributed by atoms with Gasteiger partial charge in [0.25, 0.3) is 0 Å². The van der Waals surface area contributed by atoms with E-state index in [0.717, 1.165) is 4.57 Å². The summed E-state index contributed by atoms with van der Waals surface area (Å²) in [6, 6.07) is 1.17. The van der Waals surface area contributed by atoms with Crippen molar-refractivity contribution in [2.45, 2.75) is 45.8 Å². The molecular formula is C21H18F9N3O. The van der Waals surface area contributed by atoms with Crippen LogP contribution in [0.4, 0.5) is 45.2 Å². The maximum atomic E-state index is 13.5. The molecule has 2 rings (SSSR count). The predicted octanol–water partition coefficient (Wildman–Crippen LogP) is 6.23. The minimum atomic E-state index is -5.28. The Morgan fingerprint density at radius 2 is 1.62 bits per heavy atom. The Morgan fingerprint density at radius 3 is 2.12 bits per heavy atom. The van der Waals surface area contributed by atoms with Gasteiger partial charge in [-0.3, -0.25) is 4.57 Å². The van der Waals surface area contributed by atoms with Gasteiger partial charge in [0.15, 0.2) is 18.2 Å². The Bertz CT molecular complexity index is 1150. The third-order valence-corrected chi connectivity index (χ3v) is 4.14. The van der Waals surface area contributed by atoms with Crippen molar-refractivity contribution in [3.8, 4) is 17.7 Å². The van der Waals surface area contributed by atoms with Gasteiger partial charge in [0.1, 0.15) is 0 Å². The van der Waals surface area contributed by atoms with Crippen molar-refractivity contribution >= 4 is 5.69 Å². The van der Waals surface area contributed by atoms with Crippen LogP contribution in [0.15, 0.2) is 29.3 Å². The predicted molar refractivity (Wildman–Crippen MR) is 103 cm³/mol. The number of halogens is 9. The molecule has 0 fully saturated rings. The van der Waals surface area contributed by atoms with Crippen molar-refractivity contribution in [3.05, 3.63) is 46.7 Å². The van der Waals surface area contributed by atoms with Gasteiger partial charge in [-0.05, 0) is 31.0 Å². The number of nitrogens with zero attached hydrogens (tertiary/aromatic N) is 3. The van der Waals surface area contributed by atoms with Crippen LogP contribution in [0.5, 0.6) is 5.88 Å². The van der Waals surface area contributed by atoms with E-state index in [1.807, 2.05) is 0 Å². The van der Waals surface area contributed by atoms with Crippen molar-refractivity contribution in [2.24, 2.45) is 10.9 Å². The first-order valence-corrected chi connectivity index (χ1v) is 9.58. The minimum absolute atomic E-state index is 0.0686. The molecule has 1 aromatic heterocycles. The standard InChI is InChI=1S/C21H18F9N3O/c1-4-5-8-34-17-10-16(21(28,29)30)32-18(33(17)11-12(2)3)31-15-7-6-13(19(22,23)24)9-14(15)20(25,26)27/h6-7,9-10,12H,8,11H2,1-3H3. The largest absolute Gasteiger partial charge is 0.466 e. The lowest BCUT2D eigenvalue weighted by molar-refractivity contribution is -0.143. The van der Waals surface area contributed by atoms with Crippen LogP contribution in [0.1, 0.15) is 37.6 Å². The van der Waals surface area contributed by atoms with Crippen molar-refractivity contribution < 1.29 is 44.3 Å². The quantitative estimate of drug-likeness (QED) is 0.362. The molecule has 34 heavy (non-hydrogen) atoms. The first kappa shape index (κ1) is 27.1. The zero-order valence-corrected chi connectivity index (χ0v) is 18.0. The molecule has 0 aliphatic heterocycles. The zero-order chi connectivity index (χ0) is 25.9. The molecule has 0 aliphatic rings. The maximum absolute atomic E-state index is 13.5. The first-order chi connectivity index (χ1) is 15.5. The number of ether oxygens (including phenoxy) is 1. The molecule has 0 saturated heterocycles. The van der Waals surface area contributed by atoms with Gasteiger partial charge in [0.05, 0.1) is 16.8 Å². The van der Waals surface area contributed by atoms with Gasteiger partial charge in [-0.15, -0.1) is 5.92 Å². The Balaban J connectivity index is 2.90. The smallest absolute Gasteiger partial charge is 0.433 e. The first-order valence-electron chi connectivity index (χ1n) is 9.58. The molecule has 0 saturated carbocycles. The number of hydrogen-bond donors (Lipinski definition) is 0. The molecule has 0 atom stereocenters. The van der Waals surface area contributed by atoms with E-state index >= 15 is 0 Å². The highest BCUT2D eigenvalue weighted by molar-refractivity contribution is 5.50. The number of rotatable bonds is 5. The topological polar surface area (TPSA) is 39.4 Å². The Kier molecular flexibility index (Phi) is 7.95. The SMILES string of the molecule is CC#CCOc1cc(C(F)(F)F)nc(=Nc2ccc(C(F)(F)F)cc2C(F)(F)F)n1CC(C)C. The van der Waals surface area contributed by atoms with Crippen LogP contribution >= 0.6 is 0 Å². The lowest BCUT2D eigenvalue weighted by Crippen LogP contribution is -2.31. The van der Waals surface area contributed by atoms with E-state index in [1.54, 1.807) is 13.8 Å². The molecular weight excluding hydrogens is 481 g/mol. The zero-order valence-electron chi connectivity index (χ0n) is 18.0. The van der Waals surface area contributed by atoms with Crippen molar-refractivity contribution in [1.82, 2.24) is 9.55 Å². The van der Waals surface area contributed by atoms with Crippen LogP contribution in [-0.4, -0.2) is 16.2 Å². The maximum Gasteiger partial charge on any atom is 0.433 e. The van der Waals surface area contributed by atoms with Crippen molar-refractivity contribution in [1.29, 1.82) is 0 Å². The molecule has 0 radical (unpaired) electrons. The number of hydrogen-bond acceptors (Lipinski definition) is 3. The molecule has 0 N–H and O–H groups in total. The third-order valence-electron chi connectivity index (χ3n) is 4.14. The minimum Gasteiger partial charge on any atom is -0.466 e. The second-order valence-corrected chi connectivity index (χ2v) is 7.34. The summed E-state index contributed by atoms with van der Waals surface area (Å²) in [5.74, 6) is 4.30. The Morgan fingerprint density at radius 1 is 0.971 bits per heavy atom. The van der Waals surface area contributed by atoms with Crippen molar-refractivity contribution in [2.75, 3.05) is 6.61 Å². The van der Waals surface area contributed by atoms with Gasteiger partial charge < -0.3 is 4.74 Å².